The van der Waals surface area contributed by atoms with Crippen molar-refractivity contribution in [3.05, 3.63) is 29.3 Å². The third-order valence-electron chi connectivity index (χ3n) is 1.90. The summed E-state index contributed by atoms with van der Waals surface area (Å²) in [6, 6.07) is 2.20. The number of halogens is 2. The number of benzene rings is 1. The summed E-state index contributed by atoms with van der Waals surface area (Å²) in [5.41, 5.74) is 0.230. The summed E-state index contributed by atoms with van der Waals surface area (Å²) >= 11 is 0. The van der Waals surface area contributed by atoms with Gasteiger partial charge in [-0.25, -0.2) is 8.78 Å². The molecule has 1 atom stereocenters. The molecule has 0 spiro atoms. The van der Waals surface area contributed by atoms with Crippen LogP contribution in [0.1, 0.15) is 12.5 Å². The molecule has 1 aromatic carbocycles. The smallest absolute Gasteiger partial charge is 0.152 e. The highest BCUT2D eigenvalue weighted by Gasteiger charge is 2.12. The van der Waals surface area contributed by atoms with Gasteiger partial charge < -0.3 is 5.32 Å². The number of hydrogen-bond donors (Lipinski definition) is 1. The van der Waals surface area contributed by atoms with Crippen LogP contribution in [0.4, 0.5) is 14.5 Å². The molecular formula is C11H11F2N. The predicted octanol–water partition coefficient (Wildman–Crippen LogP) is 2.71. The first-order chi connectivity index (χ1) is 6.56. The van der Waals surface area contributed by atoms with Crippen molar-refractivity contribution in [3.8, 4) is 12.3 Å². The van der Waals surface area contributed by atoms with Crippen molar-refractivity contribution >= 4 is 5.69 Å². The summed E-state index contributed by atoms with van der Waals surface area (Å²) in [5, 5.41) is 2.58. The normalized spacial score (nSPS) is 11.9. The number of aryl methyl sites for hydroxylation is 1. The monoisotopic (exact) mass is 195 g/mol. The Bertz CT molecular complexity index is 380. The molecule has 1 unspecified atom stereocenters. The molecule has 0 amide bonds. The van der Waals surface area contributed by atoms with Crippen molar-refractivity contribution in [2.24, 2.45) is 0 Å². The summed E-state index contributed by atoms with van der Waals surface area (Å²) in [5.74, 6) is 1.12. The first-order valence-corrected chi connectivity index (χ1v) is 4.23. The third-order valence-corrected chi connectivity index (χ3v) is 1.90. The Labute approximate surface area is 82.1 Å². The van der Waals surface area contributed by atoms with Gasteiger partial charge in [0.25, 0.3) is 0 Å². The molecule has 74 valence electrons. The van der Waals surface area contributed by atoms with Crippen LogP contribution in [0.5, 0.6) is 0 Å². The van der Waals surface area contributed by atoms with E-state index in [0.717, 1.165) is 0 Å². The van der Waals surface area contributed by atoms with Crippen molar-refractivity contribution in [2.75, 3.05) is 5.32 Å². The quantitative estimate of drug-likeness (QED) is 0.715. The number of hydrogen-bond acceptors (Lipinski definition) is 1. The largest absolute Gasteiger partial charge is 0.367 e. The number of anilines is 1. The van der Waals surface area contributed by atoms with Gasteiger partial charge in [-0.05, 0) is 25.5 Å². The molecule has 0 aliphatic carbocycles. The molecular weight excluding hydrogens is 184 g/mol. The molecule has 0 aromatic heterocycles. The minimum absolute atomic E-state index is 0.157. The highest BCUT2D eigenvalue weighted by molar-refractivity contribution is 5.50. The van der Waals surface area contributed by atoms with Crippen LogP contribution in [0, 0.1) is 30.9 Å². The Morgan fingerprint density at radius 2 is 2.07 bits per heavy atom. The van der Waals surface area contributed by atoms with Crippen LogP contribution in [-0.2, 0) is 0 Å². The Morgan fingerprint density at radius 1 is 1.43 bits per heavy atom. The highest BCUT2D eigenvalue weighted by atomic mass is 19.1. The number of nitrogens with one attached hydrogen (secondary N) is 1. The zero-order valence-electron chi connectivity index (χ0n) is 8.07. The molecule has 3 heteroatoms. The van der Waals surface area contributed by atoms with E-state index in [4.69, 9.17) is 6.42 Å². The van der Waals surface area contributed by atoms with Gasteiger partial charge in [-0.15, -0.1) is 6.42 Å². The minimum Gasteiger partial charge on any atom is -0.367 e. The lowest BCUT2D eigenvalue weighted by molar-refractivity contribution is 0.581. The summed E-state index contributed by atoms with van der Waals surface area (Å²) < 4.78 is 26.5. The Morgan fingerprint density at radius 3 is 2.64 bits per heavy atom. The van der Waals surface area contributed by atoms with Crippen LogP contribution < -0.4 is 5.32 Å². The molecule has 1 N–H and O–H groups in total. The maximum absolute atomic E-state index is 13.4. The molecule has 1 rings (SSSR count). The van der Waals surface area contributed by atoms with E-state index in [1.54, 1.807) is 13.8 Å². The van der Waals surface area contributed by atoms with E-state index in [1.165, 1.54) is 12.1 Å². The van der Waals surface area contributed by atoms with E-state index in [2.05, 4.69) is 11.2 Å². The van der Waals surface area contributed by atoms with Gasteiger partial charge in [0.15, 0.2) is 5.82 Å². The molecule has 0 fully saturated rings. The second kappa shape index (κ2) is 4.10. The SMILES string of the molecule is C#CC(C)Nc1c(F)ccc(C)c1F. The van der Waals surface area contributed by atoms with E-state index < -0.39 is 17.7 Å². The second-order valence-electron chi connectivity index (χ2n) is 3.09. The topological polar surface area (TPSA) is 12.0 Å². The Hall–Kier alpha value is -1.56. The maximum Gasteiger partial charge on any atom is 0.152 e. The average Bonchev–Trinajstić information content (AvgIpc) is 2.18. The van der Waals surface area contributed by atoms with Crippen LogP contribution in [0.25, 0.3) is 0 Å². The van der Waals surface area contributed by atoms with Crippen LogP contribution in [0.15, 0.2) is 12.1 Å². The van der Waals surface area contributed by atoms with Crippen LogP contribution in [-0.4, -0.2) is 6.04 Å². The summed E-state index contributed by atoms with van der Waals surface area (Å²) in [6.07, 6.45) is 5.10. The lowest BCUT2D eigenvalue weighted by atomic mass is 10.2. The summed E-state index contributed by atoms with van der Waals surface area (Å²) in [7, 11) is 0. The Kier molecular flexibility index (Phi) is 3.08. The van der Waals surface area contributed by atoms with E-state index in [1.807, 2.05) is 0 Å². The molecule has 0 bridgehead atoms. The number of terminal acetylenes is 1. The van der Waals surface area contributed by atoms with Crippen LogP contribution in [0.2, 0.25) is 0 Å². The fraction of sp³-hybridized carbons (Fsp3) is 0.273. The van der Waals surface area contributed by atoms with Crippen molar-refractivity contribution in [1.82, 2.24) is 0 Å². The molecule has 0 saturated heterocycles. The van der Waals surface area contributed by atoms with Gasteiger partial charge >= 0.3 is 0 Å². The van der Waals surface area contributed by atoms with E-state index in [-0.39, 0.29) is 5.69 Å². The van der Waals surface area contributed by atoms with E-state index in [9.17, 15) is 8.78 Å². The zero-order chi connectivity index (χ0) is 10.7. The number of rotatable bonds is 2. The third kappa shape index (κ3) is 2.02. The fourth-order valence-corrected chi connectivity index (χ4v) is 1.05. The Balaban J connectivity index is 3.08. The van der Waals surface area contributed by atoms with Gasteiger partial charge in [0, 0.05) is 0 Å². The van der Waals surface area contributed by atoms with Gasteiger partial charge in [0.05, 0.1) is 6.04 Å². The molecule has 1 nitrogen and oxygen atoms in total. The lowest BCUT2D eigenvalue weighted by Gasteiger charge is -2.12. The van der Waals surface area contributed by atoms with Gasteiger partial charge in [0.2, 0.25) is 0 Å². The molecule has 0 aliphatic heterocycles. The van der Waals surface area contributed by atoms with Crippen LogP contribution >= 0.6 is 0 Å². The first-order valence-electron chi connectivity index (χ1n) is 4.23. The maximum atomic E-state index is 13.4. The van der Waals surface area contributed by atoms with E-state index >= 15 is 0 Å². The second-order valence-corrected chi connectivity index (χ2v) is 3.09. The van der Waals surface area contributed by atoms with Crippen molar-refractivity contribution in [1.29, 1.82) is 0 Å². The molecule has 0 radical (unpaired) electrons. The standard InChI is InChI=1S/C11H11F2N/c1-4-8(3)14-11-9(12)6-5-7(2)10(11)13/h1,5-6,8,14H,2-3H3. The molecule has 0 aliphatic rings. The van der Waals surface area contributed by atoms with Gasteiger partial charge in [-0.3, -0.25) is 0 Å². The van der Waals surface area contributed by atoms with Crippen LogP contribution in [0.3, 0.4) is 0 Å². The molecule has 0 heterocycles. The van der Waals surface area contributed by atoms with Gasteiger partial charge in [0.1, 0.15) is 11.5 Å². The first kappa shape index (κ1) is 10.5. The van der Waals surface area contributed by atoms with Gasteiger partial charge in [-0.2, -0.15) is 0 Å². The predicted molar refractivity (Wildman–Crippen MR) is 53.0 cm³/mol. The minimum atomic E-state index is -0.629. The summed E-state index contributed by atoms with van der Waals surface area (Å²) in [6.45, 7) is 3.22. The van der Waals surface area contributed by atoms with Crippen molar-refractivity contribution in [2.45, 2.75) is 19.9 Å². The summed E-state index contributed by atoms with van der Waals surface area (Å²) in [4.78, 5) is 0. The zero-order valence-corrected chi connectivity index (χ0v) is 8.07. The highest BCUT2D eigenvalue weighted by Crippen LogP contribution is 2.22. The van der Waals surface area contributed by atoms with Gasteiger partial charge in [-0.1, -0.05) is 12.0 Å². The van der Waals surface area contributed by atoms with E-state index in [0.29, 0.717) is 5.56 Å². The van der Waals surface area contributed by atoms with Crippen molar-refractivity contribution < 1.29 is 8.78 Å². The average molecular weight is 195 g/mol. The molecule has 1 aromatic rings. The molecule has 0 saturated carbocycles. The molecule has 14 heavy (non-hydrogen) atoms. The lowest BCUT2D eigenvalue weighted by Crippen LogP contribution is -2.15. The fourth-order valence-electron chi connectivity index (χ4n) is 1.05. The van der Waals surface area contributed by atoms with Crippen molar-refractivity contribution in [3.63, 3.8) is 0 Å².